The van der Waals surface area contributed by atoms with Crippen molar-refractivity contribution < 1.29 is 9.21 Å². The van der Waals surface area contributed by atoms with Crippen LogP contribution < -0.4 is 5.32 Å². The van der Waals surface area contributed by atoms with Crippen LogP contribution >= 0.6 is 0 Å². The Labute approximate surface area is 175 Å². The first-order valence-corrected chi connectivity index (χ1v) is 10.3. The van der Waals surface area contributed by atoms with E-state index in [1.54, 1.807) is 0 Å². The molecule has 2 aromatic carbocycles. The number of rotatable bonds is 7. The van der Waals surface area contributed by atoms with Crippen LogP contribution in [0.25, 0.3) is 22.5 Å². The highest BCUT2D eigenvalue weighted by atomic mass is 16.4. The molecule has 0 radical (unpaired) electrons. The molecule has 2 heterocycles. The number of imidazole rings is 1. The molecule has 0 spiro atoms. The van der Waals surface area contributed by atoms with Crippen LogP contribution in [0.4, 0.5) is 0 Å². The second-order valence-electron chi connectivity index (χ2n) is 7.95. The summed E-state index contributed by atoms with van der Waals surface area (Å²) in [6, 6.07) is 17.4. The van der Waals surface area contributed by atoms with Crippen molar-refractivity contribution in [3.05, 3.63) is 71.9 Å². The Morgan fingerprint density at radius 2 is 1.80 bits per heavy atom. The van der Waals surface area contributed by atoms with Gasteiger partial charge < -0.3 is 14.7 Å². The average Bonchev–Trinajstić information content (AvgIpc) is 3.31. The number of aromatic amines is 1. The molecule has 30 heavy (non-hydrogen) atoms. The number of hydrogen-bond acceptors (Lipinski definition) is 4. The standard InChI is InChI=1S/C24H26N4O2/c1-15(2)13-21(23-26-18-11-7-8-12-19(18)27-23)25-22(29)14-20-16(3)30-24(28-20)17-9-5-4-6-10-17/h4-12,15,21H,13-14H2,1-3H3,(H,25,29)(H,26,27)/t21-/m0/s1. The Bertz CT molecular complexity index is 1110. The van der Waals surface area contributed by atoms with E-state index >= 15 is 0 Å². The number of amides is 1. The number of carbonyl (C=O) groups excluding carboxylic acids is 1. The second-order valence-corrected chi connectivity index (χ2v) is 7.95. The zero-order valence-corrected chi connectivity index (χ0v) is 17.5. The highest BCUT2D eigenvalue weighted by Crippen LogP contribution is 2.24. The van der Waals surface area contributed by atoms with Crippen molar-refractivity contribution in [3.63, 3.8) is 0 Å². The van der Waals surface area contributed by atoms with Crippen LogP contribution in [0.2, 0.25) is 0 Å². The third-order valence-electron chi connectivity index (χ3n) is 5.02. The van der Waals surface area contributed by atoms with E-state index in [1.165, 1.54) is 0 Å². The van der Waals surface area contributed by atoms with Crippen LogP contribution in [0.3, 0.4) is 0 Å². The molecule has 0 aliphatic carbocycles. The molecule has 4 rings (SSSR count). The smallest absolute Gasteiger partial charge is 0.226 e. The van der Waals surface area contributed by atoms with Crippen molar-refractivity contribution >= 4 is 16.9 Å². The van der Waals surface area contributed by atoms with E-state index in [4.69, 9.17) is 4.42 Å². The van der Waals surface area contributed by atoms with Gasteiger partial charge >= 0.3 is 0 Å². The molecular weight excluding hydrogens is 376 g/mol. The van der Waals surface area contributed by atoms with Gasteiger partial charge in [-0.1, -0.05) is 44.2 Å². The quantitative estimate of drug-likeness (QED) is 0.457. The van der Waals surface area contributed by atoms with Crippen molar-refractivity contribution in [2.45, 2.75) is 39.7 Å². The number of fused-ring (bicyclic) bond motifs is 1. The fourth-order valence-electron chi connectivity index (χ4n) is 3.54. The lowest BCUT2D eigenvalue weighted by Crippen LogP contribution is -2.31. The molecule has 0 saturated heterocycles. The molecular formula is C24H26N4O2. The van der Waals surface area contributed by atoms with Gasteiger partial charge in [0.2, 0.25) is 11.8 Å². The highest BCUT2D eigenvalue weighted by molar-refractivity contribution is 5.79. The van der Waals surface area contributed by atoms with Crippen LogP contribution in [0, 0.1) is 12.8 Å². The van der Waals surface area contributed by atoms with Gasteiger partial charge in [0.15, 0.2) is 0 Å². The number of benzene rings is 2. The molecule has 0 fully saturated rings. The first kappa shape index (κ1) is 19.9. The van der Waals surface area contributed by atoms with Gasteiger partial charge in [0, 0.05) is 5.56 Å². The lowest BCUT2D eigenvalue weighted by Gasteiger charge is -2.18. The van der Waals surface area contributed by atoms with Gasteiger partial charge in [-0.25, -0.2) is 9.97 Å². The molecule has 0 aliphatic heterocycles. The normalized spacial score (nSPS) is 12.4. The van der Waals surface area contributed by atoms with Gasteiger partial charge in [-0.3, -0.25) is 4.79 Å². The van der Waals surface area contributed by atoms with Gasteiger partial charge in [0.25, 0.3) is 0 Å². The summed E-state index contributed by atoms with van der Waals surface area (Å²) in [4.78, 5) is 25.4. The molecule has 2 N–H and O–H groups in total. The lowest BCUT2D eigenvalue weighted by atomic mass is 10.0. The maximum atomic E-state index is 12.9. The summed E-state index contributed by atoms with van der Waals surface area (Å²) in [5.41, 5.74) is 3.41. The molecule has 0 aliphatic rings. The highest BCUT2D eigenvalue weighted by Gasteiger charge is 2.21. The number of para-hydroxylation sites is 2. The van der Waals surface area contributed by atoms with Gasteiger partial charge in [-0.2, -0.15) is 0 Å². The van der Waals surface area contributed by atoms with Crippen LogP contribution in [0.15, 0.2) is 59.0 Å². The maximum Gasteiger partial charge on any atom is 0.226 e. The van der Waals surface area contributed by atoms with Crippen LogP contribution in [-0.4, -0.2) is 20.9 Å². The number of aromatic nitrogens is 3. The van der Waals surface area contributed by atoms with Gasteiger partial charge in [-0.15, -0.1) is 0 Å². The van der Waals surface area contributed by atoms with E-state index in [2.05, 4.69) is 34.1 Å². The minimum Gasteiger partial charge on any atom is -0.441 e. The first-order valence-electron chi connectivity index (χ1n) is 10.3. The Morgan fingerprint density at radius 1 is 1.07 bits per heavy atom. The van der Waals surface area contributed by atoms with Crippen molar-refractivity contribution in [2.24, 2.45) is 5.92 Å². The summed E-state index contributed by atoms with van der Waals surface area (Å²) in [6.07, 6.45) is 0.954. The second kappa shape index (κ2) is 8.53. The predicted molar refractivity (Wildman–Crippen MR) is 117 cm³/mol. The zero-order chi connectivity index (χ0) is 21.1. The minimum atomic E-state index is -0.189. The zero-order valence-electron chi connectivity index (χ0n) is 17.5. The van der Waals surface area contributed by atoms with E-state index < -0.39 is 0 Å². The number of nitrogens with one attached hydrogen (secondary N) is 2. The van der Waals surface area contributed by atoms with E-state index in [0.717, 1.165) is 28.8 Å². The van der Waals surface area contributed by atoms with Crippen molar-refractivity contribution in [2.75, 3.05) is 0 Å². The van der Waals surface area contributed by atoms with E-state index in [0.29, 0.717) is 23.3 Å². The number of H-pyrrole nitrogens is 1. The molecule has 154 valence electrons. The van der Waals surface area contributed by atoms with Crippen molar-refractivity contribution in [3.8, 4) is 11.5 Å². The SMILES string of the molecule is Cc1oc(-c2ccccc2)nc1CC(=O)N[C@@H](CC(C)C)c1nc2ccccc2[nH]1. The van der Waals surface area contributed by atoms with E-state index in [-0.39, 0.29) is 18.4 Å². The number of nitrogens with zero attached hydrogens (tertiary/aromatic N) is 2. The van der Waals surface area contributed by atoms with Gasteiger partial charge in [0.1, 0.15) is 11.6 Å². The minimum absolute atomic E-state index is 0.0999. The lowest BCUT2D eigenvalue weighted by molar-refractivity contribution is -0.121. The Kier molecular flexibility index (Phi) is 5.65. The fourth-order valence-corrected chi connectivity index (χ4v) is 3.54. The van der Waals surface area contributed by atoms with Crippen LogP contribution in [-0.2, 0) is 11.2 Å². The third-order valence-corrected chi connectivity index (χ3v) is 5.02. The third kappa shape index (κ3) is 4.43. The number of aryl methyl sites for hydroxylation is 1. The summed E-state index contributed by atoms with van der Waals surface area (Å²) in [7, 11) is 0. The summed E-state index contributed by atoms with van der Waals surface area (Å²) >= 11 is 0. The maximum absolute atomic E-state index is 12.9. The molecule has 1 amide bonds. The predicted octanol–water partition coefficient (Wildman–Crippen LogP) is 4.97. The topological polar surface area (TPSA) is 83.8 Å². The molecule has 0 unspecified atom stereocenters. The van der Waals surface area contributed by atoms with Gasteiger partial charge in [-0.05, 0) is 43.5 Å². The monoisotopic (exact) mass is 402 g/mol. The van der Waals surface area contributed by atoms with E-state index in [1.807, 2.05) is 61.5 Å². The molecule has 2 aromatic heterocycles. The number of oxazole rings is 1. The molecule has 4 aromatic rings. The number of carbonyl (C=O) groups is 1. The molecule has 6 heteroatoms. The Balaban J connectivity index is 1.51. The Morgan fingerprint density at radius 3 is 2.53 bits per heavy atom. The van der Waals surface area contributed by atoms with Crippen molar-refractivity contribution in [1.82, 2.24) is 20.3 Å². The fraction of sp³-hybridized carbons (Fsp3) is 0.292. The summed E-state index contributed by atoms with van der Waals surface area (Å²) in [5.74, 6) is 2.28. The molecule has 0 saturated carbocycles. The molecule has 6 nitrogen and oxygen atoms in total. The van der Waals surface area contributed by atoms with Crippen LogP contribution in [0.5, 0.6) is 0 Å². The summed E-state index contributed by atoms with van der Waals surface area (Å²) in [5, 5.41) is 3.14. The summed E-state index contributed by atoms with van der Waals surface area (Å²) in [6.45, 7) is 6.11. The molecule has 0 bridgehead atoms. The summed E-state index contributed by atoms with van der Waals surface area (Å²) < 4.78 is 5.79. The average molecular weight is 402 g/mol. The van der Waals surface area contributed by atoms with Gasteiger partial charge in [0.05, 0.1) is 29.2 Å². The Hall–Kier alpha value is -3.41. The van der Waals surface area contributed by atoms with Crippen molar-refractivity contribution in [1.29, 1.82) is 0 Å². The first-order chi connectivity index (χ1) is 14.5. The largest absolute Gasteiger partial charge is 0.441 e. The van der Waals surface area contributed by atoms with Crippen LogP contribution in [0.1, 0.15) is 43.6 Å². The molecule has 1 atom stereocenters. The number of hydrogen-bond donors (Lipinski definition) is 2. The van der Waals surface area contributed by atoms with E-state index in [9.17, 15) is 4.79 Å².